The molecule has 0 aliphatic carbocycles. The largest absolute Gasteiger partial charge is 0.298 e. The fourth-order valence-corrected chi connectivity index (χ4v) is 5.73. The minimum absolute atomic E-state index is 0.196. The van der Waals surface area contributed by atoms with Gasteiger partial charge in [0.05, 0.1) is 10.6 Å². The molecule has 6 nitrogen and oxygen atoms in total. The molecule has 0 saturated heterocycles. The standard InChI is InChI=1S/C22H24IN3O3S2/c1-3-13-26(14-4-2)31(28,29)19-11-7-17(8-12-19)21(27)25-22-24-20(15-30-22)16-5-9-18(23)10-6-16/h5-12,15H,3-4,13-14H2,1-2H3,(H,24,25,27). The average molecular weight is 569 g/mol. The summed E-state index contributed by atoms with van der Waals surface area (Å²) in [7, 11) is -3.57. The zero-order valence-corrected chi connectivity index (χ0v) is 21.1. The van der Waals surface area contributed by atoms with Crippen molar-refractivity contribution < 1.29 is 13.2 Å². The van der Waals surface area contributed by atoms with Crippen LogP contribution in [0.25, 0.3) is 11.3 Å². The van der Waals surface area contributed by atoms with Crippen molar-refractivity contribution in [2.24, 2.45) is 0 Å². The highest BCUT2D eigenvalue weighted by atomic mass is 127. The number of amides is 1. The molecule has 9 heteroatoms. The first kappa shape index (κ1) is 23.8. The van der Waals surface area contributed by atoms with Crippen LogP contribution in [0.1, 0.15) is 37.0 Å². The van der Waals surface area contributed by atoms with Gasteiger partial charge in [-0.05, 0) is 71.8 Å². The van der Waals surface area contributed by atoms with Gasteiger partial charge in [-0.15, -0.1) is 11.3 Å². The normalized spacial score (nSPS) is 11.6. The van der Waals surface area contributed by atoms with E-state index in [1.807, 2.05) is 43.5 Å². The van der Waals surface area contributed by atoms with E-state index in [-0.39, 0.29) is 10.8 Å². The molecular weight excluding hydrogens is 545 g/mol. The molecule has 0 atom stereocenters. The monoisotopic (exact) mass is 569 g/mol. The number of anilines is 1. The molecule has 0 aliphatic rings. The summed E-state index contributed by atoms with van der Waals surface area (Å²) >= 11 is 3.59. The minimum atomic E-state index is -3.57. The summed E-state index contributed by atoms with van der Waals surface area (Å²) in [5, 5.41) is 5.17. The van der Waals surface area contributed by atoms with Crippen LogP contribution in [0.4, 0.5) is 5.13 Å². The molecule has 0 spiro atoms. The van der Waals surface area contributed by atoms with Gasteiger partial charge in [0.2, 0.25) is 10.0 Å². The third kappa shape index (κ3) is 5.91. The second-order valence-electron chi connectivity index (χ2n) is 6.93. The minimum Gasteiger partial charge on any atom is -0.298 e. The highest BCUT2D eigenvalue weighted by Crippen LogP contribution is 2.26. The van der Waals surface area contributed by atoms with Crippen molar-refractivity contribution in [3.63, 3.8) is 0 Å². The zero-order chi connectivity index (χ0) is 22.4. The van der Waals surface area contributed by atoms with Crippen molar-refractivity contribution in [2.75, 3.05) is 18.4 Å². The number of carbonyl (C=O) groups is 1. The number of aromatic nitrogens is 1. The summed E-state index contributed by atoms with van der Waals surface area (Å²) < 4.78 is 28.4. The van der Waals surface area contributed by atoms with E-state index in [1.165, 1.54) is 39.9 Å². The SMILES string of the molecule is CCCN(CCC)S(=O)(=O)c1ccc(C(=O)Nc2nc(-c3ccc(I)cc3)cs2)cc1. The Labute approximate surface area is 200 Å². The number of nitrogens with one attached hydrogen (secondary N) is 1. The highest BCUT2D eigenvalue weighted by molar-refractivity contribution is 14.1. The lowest BCUT2D eigenvalue weighted by Crippen LogP contribution is -2.32. The topological polar surface area (TPSA) is 79.4 Å². The molecule has 31 heavy (non-hydrogen) atoms. The number of rotatable bonds is 9. The van der Waals surface area contributed by atoms with Crippen LogP contribution < -0.4 is 5.32 Å². The van der Waals surface area contributed by atoms with Gasteiger partial charge in [0, 0.05) is 33.2 Å². The lowest BCUT2D eigenvalue weighted by molar-refractivity contribution is 0.102. The molecule has 2 aromatic carbocycles. The number of nitrogens with zero attached hydrogens (tertiary/aromatic N) is 2. The predicted molar refractivity (Wildman–Crippen MR) is 134 cm³/mol. The summed E-state index contributed by atoms with van der Waals surface area (Å²) in [5.74, 6) is -0.327. The van der Waals surface area contributed by atoms with E-state index in [4.69, 9.17) is 0 Å². The molecule has 1 heterocycles. The Balaban J connectivity index is 1.71. The molecule has 1 N–H and O–H groups in total. The summed E-state index contributed by atoms with van der Waals surface area (Å²) in [4.78, 5) is 17.3. The average Bonchev–Trinajstić information content (AvgIpc) is 3.22. The molecule has 0 saturated carbocycles. The second-order valence-corrected chi connectivity index (χ2v) is 11.0. The maximum Gasteiger partial charge on any atom is 0.257 e. The van der Waals surface area contributed by atoms with Crippen LogP contribution in [0.3, 0.4) is 0 Å². The summed E-state index contributed by atoms with van der Waals surface area (Å²) in [5.41, 5.74) is 2.16. The molecule has 1 amide bonds. The van der Waals surface area contributed by atoms with Crippen LogP contribution in [0, 0.1) is 3.57 Å². The van der Waals surface area contributed by atoms with E-state index in [0.29, 0.717) is 23.8 Å². The lowest BCUT2D eigenvalue weighted by atomic mass is 10.2. The zero-order valence-electron chi connectivity index (χ0n) is 17.3. The Morgan fingerprint density at radius 1 is 1.03 bits per heavy atom. The number of thiazole rings is 1. The van der Waals surface area contributed by atoms with Crippen molar-refractivity contribution >= 4 is 55.0 Å². The molecule has 0 radical (unpaired) electrons. The van der Waals surface area contributed by atoms with Gasteiger partial charge < -0.3 is 0 Å². The molecule has 0 fully saturated rings. The number of hydrogen-bond acceptors (Lipinski definition) is 5. The van der Waals surface area contributed by atoms with Crippen molar-refractivity contribution in [1.82, 2.24) is 9.29 Å². The first-order chi connectivity index (χ1) is 14.8. The Kier molecular flexibility index (Phi) is 8.20. The van der Waals surface area contributed by atoms with Crippen LogP contribution in [-0.4, -0.2) is 36.7 Å². The summed E-state index contributed by atoms with van der Waals surface area (Å²) in [6.07, 6.45) is 1.50. The van der Waals surface area contributed by atoms with E-state index >= 15 is 0 Å². The predicted octanol–water partition coefficient (Wildman–Crippen LogP) is 5.48. The van der Waals surface area contributed by atoms with Crippen molar-refractivity contribution in [2.45, 2.75) is 31.6 Å². The van der Waals surface area contributed by atoms with E-state index in [2.05, 4.69) is 32.9 Å². The smallest absolute Gasteiger partial charge is 0.257 e. The molecule has 0 unspecified atom stereocenters. The maximum atomic E-state index is 12.9. The molecular formula is C22H24IN3O3S2. The number of benzene rings is 2. The fraction of sp³-hybridized carbons (Fsp3) is 0.273. The van der Waals surface area contributed by atoms with E-state index in [1.54, 1.807) is 0 Å². The number of sulfonamides is 1. The van der Waals surface area contributed by atoms with Crippen LogP contribution in [-0.2, 0) is 10.0 Å². The van der Waals surface area contributed by atoms with E-state index in [9.17, 15) is 13.2 Å². The third-order valence-electron chi connectivity index (χ3n) is 4.56. The molecule has 0 bridgehead atoms. The Morgan fingerprint density at radius 2 is 1.65 bits per heavy atom. The Morgan fingerprint density at radius 3 is 2.23 bits per heavy atom. The highest BCUT2D eigenvalue weighted by Gasteiger charge is 2.23. The molecule has 164 valence electrons. The number of halogens is 1. The van der Waals surface area contributed by atoms with Crippen molar-refractivity contribution in [3.8, 4) is 11.3 Å². The van der Waals surface area contributed by atoms with Crippen LogP contribution in [0.15, 0.2) is 58.8 Å². The molecule has 3 aromatic rings. The lowest BCUT2D eigenvalue weighted by Gasteiger charge is -2.21. The van der Waals surface area contributed by atoms with Gasteiger partial charge in [0.25, 0.3) is 5.91 Å². The van der Waals surface area contributed by atoms with Gasteiger partial charge in [-0.1, -0.05) is 26.0 Å². The van der Waals surface area contributed by atoms with Crippen LogP contribution in [0.5, 0.6) is 0 Å². The molecule has 3 rings (SSSR count). The first-order valence-corrected chi connectivity index (χ1v) is 13.4. The van der Waals surface area contributed by atoms with Crippen molar-refractivity contribution in [1.29, 1.82) is 0 Å². The van der Waals surface area contributed by atoms with Gasteiger partial charge in [-0.25, -0.2) is 13.4 Å². The second kappa shape index (κ2) is 10.7. The quantitative estimate of drug-likeness (QED) is 0.347. The molecule has 0 aliphatic heterocycles. The summed E-state index contributed by atoms with van der Waals surface area (Å²) in [6, 6.07) is 14.0. The molecule has 1 aromatic heterocycles. The number of hydrogen-bond donors (Lipinski definition) is 1. The Bertz CT molecular complexity index is 1120. The van der Waals surface area contributed by atoms with Gasteiger partial charge >= 0.3 is 0 Å². The van der Waals surface area contributed by atoms with Crippen LogP contribution >= 0.6 is 33.9 Å². The number of carbonyl (C=O) groups excluding carboxylic acids is 1. The van der Waals surface area contributed by atoms with Gasteiger partial charge in [-0.3, -0.25) is 10.1 Å². The van der Waals surface area contributed by atoms with Crippen molar-refractivity contribution in [3.05, 3.63) is 63.0 Å². The Hall–Kier alpha value is -1.82. The third-order valence-corrected chi connectivity index (χ3v) is 7.95. The first-order valence-electron chi connectivity index (χ1n) is 9.98. The van der Waals surface area contributed by atoms with E-state index < -0.39 is 10.0 Å². The fourth-order valence-electron chi connectivity index (χ4n) is 3.03. The van der Waals surface area contributed by atoms with Crippen LogP contribution in [0.2, 0.25) is 0 Å². The maximum absolute atomic E-state index is 12.9. The van der Waals surface area contributed by atoms with E-state index in [0.717, 1.165) is 27.7 Å². The van der Waals surface area contributed by atoms with Gasteiger partial charge in [0.15, 0.2) is 5.13 Å². The van der Waals surface area contributed by atoms with Gasteiger partial charge in [0.1, 0.15) is 0 Å². The summed E-state index contributed by atoms with van der Waals surface area (Å²) in [6.45, 7) is 4.86. The van der Waals surface area contributed by atoms with Gasteiger partial charge in [-0.2, -0.15) is 4.31 Å².